The van der Waals surface area contributed by atoms with Crippen LogP contribution in [0.5, 0.6) is 0 Å². The van der Waals surface area contributed by atoms with Gasteiger partial charge in [0.2, 0.25) is 11.6 Å². The topological polar surface area (TPSA) is 87.4 Å². The van der Waals surface area contributed by atoms with E-state index in [-0.39, 0.29) is 17.3 Å². The van der Waals surface area contributed by atoms with Gasteiger partial charge in [-0.1, -0.05) is 12.1 Å². The average molecular weight is 316 g/mol. The highest BCUT2D eigenvalue weighted by atomic mass is 16.6. The molecule has 0 amide bonds. The fraction of sp³-hybridized carbons (Fsp3) is 0.333. The number of nitrogens with zero attached hydrogens (tertiary/aromatic N) is 5. The summed E-state index contributed by atoms with van der Waals surface area (Å²) in [6, 6.07) is 7.76. The molecule has 0 bridgehead atoms. The second kappa shape index (κ2) is 7.01. The van der Waals surface area contributed by atoms with Gasteiger partial charge in [0, 0.05) is 26.3 Å². The number of rotatable bonds is 6. The molecule has 0 aliphatic carbocycles. The van der Waals surface area contributed by atoms with Crippen molar-refractivity contribution in [3.05, 3.63) is 46.3 Å². The third-order valence-corrected chi connectivity index (χ3v) is 3.20. The lowest BCUT2D eigenvalue weighted by Crippen LogP contribution is -2.24. The quantitative estimate of drug-likeness (QED) is 0.647. The molecule has 8 heteroatoms. The Labute approximate surface area is 134 Å². The van der Waals surface area contributed by atoms with Gasteiger partial charge in [0.15, 0.2) is 0 Å². The van der Waals surface area contributed by atoms with Crippen LogP contribution in [0.25, 0.3) is 0 Å². The summed E-state index contributed by atoms with van der Waals surface area (Å²) in [4.78, 5) is 21.1. The number of hydrogen-bond acceptors (Lipinski definition) is 7. The lowest BCUT2D eigenvalue weighted by atomic mass is 10.2. The highest BCUT2D eigenvalue weighted by Gasteiger charge is 2.27. The van der Waals surface area contributed by atoms with Gasteiger partial charge in [-0.25, -0.2) is 15.0 Å². The molecule has 1 aromatic carbocycles. The van der Waals surface area contributed by atoms with E-state index in [1.54, 1.807) is 24.0 Å². The van der Waals surface area contributed by atoms with Gasteiger partial charge in [-0.05, 0) is 31.5 Å². The molecule has 1 heterocycles. The Morgan fingerprint density at radius 1 is 1.30 bits per heavy atom. The minimum atomic E-state index is -0.459. The molecular formula is C15H20N6O2. The van der Waals surface area contributed by atoms with Crippen molar-refractivity contribution in [1.29, 1.82) is 0 Å². The van der Waals surface area contributed by atoms with E-state index in [0.29, 0.717) is 6.54 Å². The van der Waals surface area contributed by atoms with Crippen molar-refractivity contribution >= 4 is 23.0 Å². The molecule has 0 saturated carbocycles. The molecule has 0 fully saturated rings. The van der Waals surface area contributed by atoms with Crippen LogP contribution in [0.1, 0.15) is 12.5 Å². The SMILES string of the molecule is CCN(c1cccc(C)c1)c1ncnc(NN(C)C)c1[N+](=O)[O-]. The maximum atomic E-state index is 11.6. The summed E-state index contributed by atoms with van der Waals surface area (Å²) in [5.41, 5.74) is 4.63. The van der Waals surface area contributed by atoms with Crippen molar-refractivity contribution in [2.24, 2.45) is 0 Å². The van der Waals surface area contributed by atoms with Gasteiger partial charge in [-0.3, -0.25) is 15.5 Å². The van der Waals surface area contributed by atoms with Gasteiger partial charge in [-0.15, -0.1) is 0 Å². The molecule has 0 unspecified atom stereocenters. The highest BCUT2D eigenvalue weighted by molar-refractivity contribution is 5.75. The summed E-state index contributed by atoms with van der Waals surface area (Å²) in [6.45, 7) is 4.45. The first-order valence-electron chi connectivity index (χ1n) is 7.21. The molecule has 0 spiro atoms. The largest absolute Gasteiger partial charge is 0.355 e. The number of nitrogens with one attached hydrogen (secondary N) is 1. The molecule has 0 aliphatic heterocycles. The van der Waals surface area contributed by atoms with Crippen LogP contribution in [0.3, 0.4) is 0 Å². The maximum absolute atomic E-state index is 11.6. The van der Waals surface area contributed by atoms with E-state index >= 15 is 0 Å². The molecule has 122 valence electrons. The summed E-state index contributed by atoms with van der Waals surface area (Å²) in [5, 5.41) is 13.2. The fourth-order valence-corrected chi connectivity index (χ4v) is 2.28. The molecule has 1 aromatic heterocycles. The van der Waals surface area contributed by atoms with E-state index in [1.165, 1.54) is 6.33 Å². The van der Waals surface area contributed by atoms with E-state index < -0.39 is 4.92 Å². The molecule has 0 saturated heterocycles. The normalized spacial score (nSPS) is 10.7. The Kier molecular flexibility index (Phi) is 5.07. The van der Waals surface area contributed by atoms with Gasteiger partial charge < -0.3 is 4.90 Å². The Bertz CT molecular complexity index is 704. The maximum Gasteiger partial charge on any atom is 0.355 e. The second-order valence-corrected chi connectivity index (χ2v) is 5.24. The lowest BCUT2D eigenvalue weighted by molar-refractivity contribution is -0.383. The molecule has 0 atom stereocenters. The number of anilines is 3. The minimum Gasteiger partial charge on any atom is -0.321 e. The number of aryl methyl sites for hydroxylation is 1. The van der Waals surface area contributed by atoms with Gasteiger partial charge in [0.1, 0.15) is 6.33 Å². The van der Waals surface area contributed by atoms with Crippen molar-refractivity contribution in [3.63, 3.8) is 0 Å². The summed E-state index contributed by atoms with van der Waals surface area (Å²) in [6.07, 6.45) is 1.33. The third-order valence-electron chi connectivity index (χ3n) is 3.20. The van der Waals surface area contributed by atoms with E-state index in [4.69, 9.17) is 0 Å². The smallest absolute Gasteiger partial charge is 0.321 e. The molecule has 0 radical (unpaired) electrons. The van der Waals surface area contributed by atoms with Crippen LogP contribution >= 0.6 is 0 Å². The third kappa shape index (κ3) is 3.72. The second-order valence-electron chi connectivity index (χ2n) is 5.24. The van der Waals surface area contributed by atoms with E-state index in [1.807, 2.05) is 38.1 Å². The zero-order valence-electron chi connectivity index (χ0n) is 13.6. The van der Waals surface area contributed by atoms with Gasteiger partial charge in [0.25, 0.3) is 0 Å². The fourth-order valence-electron chi connectivity index (χ4n) is 2.28. The van der Waals surface area contributed by atoms with Gasteiger partial charge in [0.05, 0.1) is 4.92 Å². The van der Waals surface area contributed by atoms with E-state index in [9.17, 15) is 10.1 Å². The molecule has 8 nitrogen and oxygen atoms in total. The zero-order chi connectivity index (χ0) is 17.0. The predicted octanol–water partition coefficient (Wildman–Crippen LogP) is 2.74. The molecule has 23 heavy (non-hydrogen) atoms. The number of aromatic nitrogens is 2. The summed E-state index contributed by atoms with van der Waals surface area (Å²) in [5.74, 6) is 0.429. The number of hydrazine groups is 1. The first-order chi connectivity index (χ1) is 10.9. The summed E-state index contributed by atoms with van der Waals surface area (Å²) < 4.78 is 0. The van der Waals surface area contributed by atoms with Crippen molar-refractivity contribution in [2.75, 3.05) is 31.0 Å². The van der Waals surface area contributed by atoms with Crippen LogP contribution in [0, 0.1) is 17.0 Å². The Balaban J connectivity index is 2.58. The van der Waals surface area contributed by atoms with Crippen molar-refractivity contribution in [2.45, 2.75) is 13.8 Å². The summed E-state index contributed by atoms with van der Waals surface area (Å²) >= 11 is 0. The lowest BCUT2D eigenvalue weighted by Gasteiger charge is -2.23. The van der Waals surface area contributed by atoms with Crippen LogP contribution in [-0.2, 0) is 0 Å². The average Bonchev–Trinajstić information content (AvgIpc) is 2.47. The Morgan fingerprint density at radius 2 is 2.04 bits per heavy atom. The zero-order valence-corrected chi connectivity index (χ0v) is 13.6. The minimum absolute atomic E-state index is 0.149. The van der Waals surface area contributed by atoms with E-state index in [0.717, 1.165) is 11.3 Å². The first kappa shape index (κ1) is 16.6. The number of hydrogen-bond donors (Lipinski definition) is 1. The Hall–Kier alpha value is -2.74. The molecule has 2 rings (SSSR count). The van der Waals surface area contributed by atoms with Crippen molar-refractivity contribution in [1.82, 2.24) is 15.0 Å². The van der Waals surface area contributed by atoms with Crippen molar-refractivity contribution < 1.29 is 4.92 Å². The standard InChI is InChI=1S/C15H20N6O2/c1-5-20(12-8-6-7-11(2)9-12)15-13(21(22)23)14(16-10-17-15)18-19(3)4/h6-10H,5H2,1-4H3,(H,16,17,18). The number of benzene rings is 1. The molecular weight excluding hydrogens is 296 g/mol. The first-order valence-corrected chi connectivity index (χ1v) is 7.21. The molecule has 1 N–H and O–H groups in total. The van der Waals surface area contributed by atoms with E-state index in [2.05, 4.69) is 15.4 Å². The van der Waals surface area contributed by atoms with Gasteiger partial charge in [-0.2, -0.15) is 0 Å². The monoisotopic (exact) mass is 316 g/mol. The van der Waals surface area contributed by atoms with Crippen LogP contribution < -0.4 is 10.3 Å². The van der Waals surface area contributed by atoms with Crippen LogP contribution in [0.2, 0.25) is 0 Å². The summed E-state index contributed by atoms with van der Waals surface area (Å²) in [7, 11) is 3.48. The highest BCUT2D eigenvalue weighted by Crippen LogP contribution is 2.35. The van der Waals surface area contributed by atoms with Crippen molar-refractivity contribution in [3.8, 4) is 0 Å². The molecule has 0 aliphatic rings. The van der Waals surface area contributed by atoms with Gasteiger partial charge >= 0.3 is 5.69 Å². The van der Waals surface area contributed by atoms with Crippen LogP contribution in [-0.4, -0.2) is 40.5 Å². The predicted molar refractivity (Wildman–Crippen MR) is 89.9 cm³/mol. The number of nitro groups is 1. The Morgan fingerprint density at radius 3 is 2.61 bits per heavy atom. The molecule has 2 aromatic rings. The van der Waals surface area contributed by atoms with Crippen LogP contribution in [0.15, 0.2) is 30.6 Å². The van der Waals surface area contributed by atoms with Crippen LogP contribution in [0.4, 0.5) is 23.0 Å².